The minimum absolute atomic E-state index is 0.884. The number of hydrogen-bond donors (Lipinski definition) is 0. The highest BCUT2D eigenvalue weighted by Crippen LogP contribution is 2.32. The maximum absolute atomic E-state index is 5.28. The monoisotopic (exact) mass is 241 g/mol. The van der Waals surface area contributed by atoms with Gasteiger partial charge in [0.1, 0.15) is 5.75 Å². The first-order chi connectivity index (χ1) is 8.38. The molecule has 0 amide bonds. The molecule has 2 aromatic carbocycles. The van der Waals surface area contributed by atoms with Crippen molar-refractivity contribution in [1.82, 2.24) is 4.37 Å². The lowest BCUT2D eigenvalue weighted by Crippen LogP contribution is -1.84. The van der Waals surface area contributed by atoms with Crippen LogP contribution in [0.3, 0.4) is 0 Å². The summed E-state index contributed by atoms with van der Waals surface area (Å²) < 4.78 is 9.44. The van der Waals surface area contributed by atoms with Crippen LogP contribution in [0.25, 0.3) is 21.2 Å². The van der Waals surface area contributed by atoms with Crippen molar-refractivity contribution in [2.45, 2.75) is 0 Å². The molecule has 3 aromatic rings. The van der Waals surface area contributed by atoms with E-state index in [2.05, 4.69) is 34.7 Å². The Labute approximate surface area is 104 Å². The molecule has 2 nitrogen and oxygen atoms in total. The fourth-order valence-corrected chi connectivity index (χ4v) is 2.58. The smallest absolute Gasteiger partial charge is 0.119 e. The van der Waals surface area contributed by atoms with Crippen LogP contribution in [0.15, 0.2) is 48.7 Å². The first-order valence-corrected chi connectivity index (χ1v) is 6.13. The number of fused-ring (bicyclic) bond motifs is 1. The van der Waals surface area contributed by atoms with E-state index < -0.39 is 0 Å². The zero-order valence-corrected chi connectivity index (χ0v) is 10.2. The van der Waals surface area contributed by atoms with E-state index >= 15 is 0 Å². The molecule has 1 aromatic heterocycles. The second kappa shape index (κ2) is 4.18. The summed E-state index contributed by atoms with van der Waals surface area (Å²) in [6.45, 7) is 0. The molecule has 0 fully saturated rings. The van der Waals surface area contributed by atoms with Crippen molar-refractivity contribution in [3.8, 4) is 16.2 Å². The third-order valence-electron chi connectivity index (χ3n) is 2.79. The van der Waals surface area contributed by atoms with Crippen molar-refractivity contribution in [3.63, 3.8) is 0 Å². The lowest BCUT2D eigenvalue weighted by molar-refractivity contribution is 0.415. The number of aromatic nitrogens is 1. The van der Waals surface area contributed by atoms with Crippen LogP contribution in [0.2, 0.25) is 0 Å². The molecule has 3 heteroatoms. The van der Waals surface area contributed by atoms with Crippen LogP contribution < -0.4 is 4.74 Å². The van der Waals surface area contributed by atoms with E-state index in [9.17, 15) is 0 Å². The molecule has 0 aliphatic rings. The van der Waals surface area contributed by atoms with Crippen LogP contribution in [-0.2, 0) is 0 Å². The van der Waals surface area contributed by atoms with Crippen LogP contribution in [0.1, 0.15) is 0 Å². The van der Waals surface area contributed by atoms with Gasteiger partial charge in [0.15, 0.2) is 0 Å². The molecule has 0 spiro atoms. The van der Waals surface area contributed by atoms with E-state index in [-0.39, 0.29) is 0 Å². The Morgan fingerprint density at radius 3 is 2.82 bits per heavy atom. The van der Waals surface area contributed by atoms with Gasteiger partial charge >= 0.3 is 0 Å². The molecule has 0 bridgehead atoms. The van der Waals surface area contributed by atoms with Crippen LogP contribution in [-0.4, -0.2) is 11.5 Å². The standard InChI is InChI=1S/C14H11NOS/c1-16-11-6-5-10-3-2-4-12(13(10)9-11)14-7-8-15-17-14/h2-9H,1H3. The van der Waals surface area contributed by atoms with Gasteiger partial charge in [-0.15, -0.1) is 0 Å². The van der Waals surface area contributed by atoms with E-state index in [1.807, 2.05) is 18.3 Å². The SMILES string of the molecule is COc1ccc2cccc(-c3ccns3)c2c1. The summed E-state index contributed by atoms with van der Waals surface area (Å²) in [4.78, 5) is 1.18. The first-order valence-electron chi connectivity index (χ1n) is 5.36. The summed E-state index contributed by atoms with van der Waals surface area (Å²) in [5, 5.41) is 2.42. The molecule has 0 unspecified atom stereocenters. The van der Waals surface area contributed by atoms with Gasteiger partial charge in [-0.3, -0.25) is 0 Å². The third kappa shape index (κ3) is 1.78. The van der Waals surface area contributed by atoms with Crippen LogP contribution in [0.5, 0.6) is 5.75 Å². The lowest BCUT2D eigenvalue weighted by Gasteiger charge is -2.06. The fraction of sp³-hybridized carbons (Fsp3) is 0.0714. The van der Waals surface area contributed by atoms with Crippen molar-refractivity contribution < 1.29 is 4.74 Å². The van der Waals surface area contributed by atoms with Gasteiger partial charge in [0, 0.05) is 11.8 Å². The number of nitrogens with zero attached hydrogens (tertiary/aromatic N) is 1. The topological polar surface area (TPSA) is 22.1 Å². The second-order valence-electron chi connectivity index (χ2n) is 3.77. The maximum atomic E-state index is 5.28. The van der Waals surface area contributed by atoms with Gasteiger partial charge < -0.3 is 4.74 Å². The van der Waals surface area contributed by atoms with E-state index in [0.29, 0.717) is 0 Å². The largest absolute Gasteiger partial charge is 0.497 e. The van der Waals surface area contributed by atoms with Gasteiger partial charge in [0.25, 0.3) is 0 Å². The predicted octanol–water partition coefficient (Wildman–Crippen LogP) is 3.97. The van der Waals surface area contributed by atoms with Gasteiger partial charge in [0.2, 0.25) is 0 Å². The van der Waals surface area contributed by atoms with E-state index in [1.165, 1.54) is 32.7 Å². The number of methoxy groups -OCH3 is 1. The summed E-state index contributed by atoms with van der Waals surface area (Å²) >= 11 is 1.51. The average Bonchev–Trinajstić information content (AvgIpc) is 2.91. The summed E-state index contributed by atoms with van der Waals surface area (Å²) in [7, 11) is 1.69. The number of hydrogen-bond acceptors (Lipinski definition) is 3. The van der Waals surface area contributed by atoms with Crippen molar-refractivity contribution in [1.29, 1.82) is 0 Å². The average molecular weight is 241 g/mol. The molecule has 0 saturated heterocycles. The molecule has 0 saturated carbocycles. The van der Waals surface area contributed by atoms with E-state index in [1.54, 1.807) is 7.11 Å². The summed E-state index contributed by atoms with van der Waals surface area (Å²) in [6.07, 6.45) is 1.83. The number of ether oxygens (including phenoxy) is 1. The highest BCUT2D eigenvalue weighted by atomic mass is 32.1. The molecular weight excluding hydrogens is 230 g/mol. The highest BCUT2D eigenvalue weighted by Gasteiger charge is 2.06. The second-order valence-corrected chi connectivity index (χ2v) is 4.60. The Kier molecular flexibility index (Phi) is 2.53. The molecule has 0 radical (unpaired) electrons. The predicted molar refractivity (Wildman–Crippen MR) is 71.6 cm³/mol. The minimum atomic E-state index is 0.884. The van der Waals surface area contributed by atoms with Crippen LogP contribution in [0, 0.1) is 0 Å². The van der Waals surface area contributed by atoms with Gasteiger partial charge in [-0.1, -0.05) is 24.3 Å². The molecule has 84 valence electrons. The Bertz CT molecular complexity index is 646. The van der Waals surface area contributed by atoms with Crippen LogP contribution >= 0.6 is 11.5 Å². The zero-order chi connectivity index (χ0) is 11.7. The Morgan fingerprint density at radius 2 is 2.06 bits per heavy atom. The number of rotatable bonds is 2. The molecule has 0 aliphatic carbocycles. The van der Waals surface area contributed by atoms with Gasteiger partial charge in [-0.05, 0) is 40.5 Å². The van der Waals surface area contributed by atoms with E-state index in [4.69, 9.17) is 4.74 Å². The number of benzene rings is 2. The lowest BCUT2D eigenvalue weighted by atomic mass is 10.0. The molecule has 0 aliphatic heterocycles. The van der Waals surface area contributed by atoms with Crippen molar-refractivity contribution >= 4 is 22.3 Å². The molecule has 1 heterocycles. The summed E-state index contributed by atoms with van der Waals surface area (Å²) in [6, 6.07) is 14.5. The normalized spacial score (nSPS) is 10.6. The maximum Gasteiger partial charge on any atom is 0.119 e. The molecule has 0 N–H and O–H groups in total. The minimum Gasteiger partial charge on any atom is -0.497 e. The van der Waals surface area contributed by atoms with Gasteiger partial charge in [-0.2, -0.15) is 0 Å². The quantitative estimate of drug-likeness (QED) is 0.677. The fourth-order valence-electron chi connectivity index (χ4n) is 1.95. The van der Waals surface area contributed by atoms with Gasteiger partial charge in [-0.25, -0.2) is 4.37 Å². The van der Waals surface area contributed by atoms with Crippen LogP contribution in [0.4, 0.5) is 0 Å². The molecule has 3 rings (SSSR count). The molecule has 17 heavy (non-hydrogen) atoms. The summed E-state index contributed by atoms with van der Waals surface area (Å²) in [5.74, 6) is 0.884. The molecular formula is C14H11NOS. The first kappa shape index (κ1) is 10.3. The van der Waals surface area contributed by atoms with Gasteiger partial charge in [0.05, 0.1) is 12.0 Å². The Hall–Kier alpha value is -1.87. The summed E-state index contributed by atoms with van der Waals surface area (Å²) in [5.41, 5.74) is 1.21. The zero-order valence-electron chi connectivity index (χ0n) is 9.38. The highest BCUT2D eigenvalue weighted by molar-refractivity contribution is 7.09. The van der Waals surface area contributed by atoms with Crippen molar-refractivity contribution in [2.24, 2.45) is 0 Å². The molecule has 0 atom stereocenters. The van der Waals surface area contributed by atoms with Crippen molar-refractivity contribution in [2.75, 3.05) is 7.11 Å². The van der Waals surface area contributed by atoms with E-state index in [0.717, 1.165) is 5.75 Å². The third-order valence-corrected chi connectivity index (χ3v) is 3.57. The Balaban J connectivity index is 2.30. The Morgan fingerprint density at radius 1 is 1.12 bits per heavy atom. The van der Waals surface area contributed by atoms with Crippen molar-refractivity contribution in [3.05, 3.63) is 48.7 Å².